The van der Waals surface area contributed by atoms with Crippen molar-refractivity contribution in [2.45, 2.75) is 25.4 Å². The summed E-state index contributed by atoms with van der Waals surface area (Å²) in [7, 11) is 0. The Kier molecular flexibility index (Phi) is 3.36. The van der Waals surface area contributed by atoms with E-state index in [1.165, 1.54) is 0 Å². The molecule has 1 saturated carbocycles. The van der Waals surface area contributed by atoms with Crippen molar-refractivity contribution < 1.29 is 23.5 Å². The van der Waals surface area contributed by atoms with Gasteiger partial charge in [0.1, 0.15) is 0 Å². The van der Waals surface area contributed by atoms with E-state index in [4.69, 9.17) is 10.3 Å². The maximum absolute atomic E-state index is 12.3. The second-order valence-electron chi connectivity index (χ2n) is 3.48. The zero-order valence-corrected chi connectivity index (χ0v) is 7.46. The molecule has 0 aromatic rings. The second kappa shape index (κ2) is 4.16. The standard InChI is InChI=1S/C8H12F3NO2/c9-8(10,11)6-1-2-7(12-14)5(3-6)4-13/h5-6,13-14H,1-4H2. The molecule has 0 aliphatic heterocycles. The first-order valence-corrected chi connectivity index (χ1v) is 4.37. The van der Waals surface area contributed by atoms with Gasteiger partial charge in [0.25, 0.3) is 0 Å². The van der Waals surface area contributed by atoms with E-state index >= 15 is 0 Å². The van der Waals surface area contributed by atoms with Crippen molar-refractivity contribution in [2.24, 2.45) is 17.0 Å². The van der Waals surface area contributed by atoms with E-state index in [0.717, 1.165) is 0 Å². The molecule has 1 fully saturated rings. The SMILES string of the molecule is OCC1CC(C(F)(F)F)CCC1=NO. The lowest BCUT2D eigenvalue weighted by molar-refractivity contribution is -0.181. The average molecular weight is 211 g/mol. The van der Waals surface area contributed by atoms with Crippen LogP contribution in [-0.2, 0) is 0 Å². The van der Waals surface area contributed by atoms with Crippen molar-refractivity contribution in [1.82, 2.24) is 0 Å². The molecule has 0 heterocycles. The average Bonchev–Trinajstić information content (AvgIpc) is 2.15. The van der Waals surface area contributed by atoms with Crippen LogP contribution in [0.5, 0.6) is 0 Å². The summed E-state index contributed by atoms with van der Waals surface area (Å²) in [6.45, 7) is -0.397. The third kappa shape index (κ3) is 2.37. The summed E-state index contributed by atoms with van der Waals surface area (Å²) in [4.78, 5) is 0. The van der Waals surface area contributed by atoms with Crippen LogP contribution >= 0.6 is 0 Å². The van der Waals surface area contributed by atoms with Crippen LogP contribution in [0.1, 0.15) is 19.3 Å². The predicted molar refractivity (Wildman–Crippen MR) is 43.2 cm³/mol. The van der Waals surface area contributed by atoms with Crippen molar-refractivity contribution in [3.63, 3.8) is 0 Å². The Hall–Kier alpha value is -0.780. The smallest absolute Gasteiger partial charge is 0.391 e. The van der Waals surface area contributed by atoms with Gasteiger partial charge in [0.15, 0.2) is 0 Å². The van der Waals surface area contributed by atoms with Crippen LogP contribution in [0.2, 0.25) is 0 Å². The molecular formula is C8H12F3NO2. The highest BCUT2D eigenvalue weighted by molar-refractivity contribution is 5.87. The van der Waals surface area contributed by atoms with Gasteiger partial charge in [-0.1, -0.05) is 5.16 Å². The molecule has 82 valence electrons. The van der Waals surface area contributed by atoms with E-state index in [1.807, 2.05) is 0 Å². The number of oxime groups is 1. The minimum atomic E-state index is -4.21. The largest absolute Gasteiger partial charge is 0.411 e. The zero-order chi connectivity index (χ0) is 10.8. The van der Waals surface area contributed by atoms with Crippen LogP contribution in [0.25, 0.3) is 0 Å². The van der Waals surface area contributed by atoms with E-state index in [-0.39, 0.29) is 25.0 Å². The van der Waals surface area contributed by atoms with E-state index in [2.05, 4.69) is 5.16 Å². The molecule has 0 aromatic carbocycles. The minimum Gasteiger partial charge on any atom is -0.411 e. The molecule has 6 heteroatoms. The summed E-state index contributed by atoms with van der Waals surface area (Å²) in [6, 6.07) is 0. The van der Waals surface area contributed by atoms with Gasteiger partial charge in [0.2, 0.25) is 0 Å². The maximum atomic E-state index is 12.3. The number of aliphatic hydroxyl groups excluding tert-OH is 1. The van der Waals surface area contributed by atoms with Gasteiger partial charge in [0, 0.05) is 5.92 Å². The molecule has 0 aromatic heterocycles. The topological polar surface area (TPSA) is 52.8 Å². The van der Waals surface area contributed by atoms with Crippen LogP contribution in [0.4, 0.5) is 13.2 Å². The maximum Gasteiger partial charge on any atom is 0.391 e. The molecule has 0 radical (unpaired) electrons. The Morgan fingerprint density at radius 2 is 2.07 bits per heavy atom. The van der Waals surface area contributed by atoms with Crippen molar-refractivity contribution in [2.75, 3.05) is 6.61 Å². The lowest BCUT2D eigenvalue weighted by Gasteiger charge is -2.29. The van der Waals surface area contributed by atoms with Crippen molar-refractivity contribution >= 4 is 5.71 Å². The van der Waals surface area contributed by atoms with Crippen LogP contribution in [0, 0.1) is 11.8 Å². The second-order valence-corrected chi connectivity index (χ2v) is 3.48. The Morgan fingerprint density at radius 1 is 1.43 bits per heavy atom. The Morgan fingerprint density at radius 3 is 2.50 bits per heavy atom. The van der Waals surface area contributed by atoms with Crippen molar-refractivity contribution in [3.05, 3.63) is 0 Å². The molecule has 0 amide bonds. The first-order chi connectivity index (χ1) is 6.49. The quantitative estimate of drug-likeness (QED) is 0.513. The third-order valence-corrected chi connectivity index (χ3v) is 2.60. The Balaban J connectivity index is 2.66. The molecule has 2 unspecified atom stereocenters. The molecule has 1 aliphatic carbocycles. The molecule has 2 N–H and O–H groups in total. The number of halogens is 3. The van der Waals surface area contributed by atoms with Crippen LogP contribution < -0.4 is 0 Å². The monoisotopic (exact) mass is 211 g/mol. The summed E-state index contributed by atoms with van der Waals surface area (Å²) >= 11 is 0. The number of hydrogen-bond donors (Lipinski definition) is 2. The number of rotatable bonds is 1. The van der Waals surface area contributed by atoms with Gasteiger partial charge in [-0.05, 0) is 19.3 Å². The molecule has 1 rings (SSSR count). The highest BCUT2D eigenvalue weighted by Gasteiger charge is 2.43. The normalized spacial score (nSPS) is 32.1. The van der Waals surface area contributed by atoms with Gasteiger partial charge < -0.3 is 10.3 Å². The fourth-order valence-corrected chi connectivity index (χ4v) is 1.73. The molecule has 3 nitrogen and oxygen atoms in total. The van der Waals surface area contributed by atoms with E-state index in [9.17, 15) is 13.2 Å². The van der Waals surface area contributed by atoms with Gasteiger partial charge in [-0.3, -0.25) is 0 Å². The molecule has 14 heavy (non-hydrogen) atoms. The molecule has 0 saturated heterocycles. The van der Waals surface area contributed by atoms with Gasteiger partial charge in [-0.15, -0.1) is 0 Å². The first kappa shape index (κ1) is 11.3. The Bertz CT molecular complexity index is 227. The lowest BCUT2D eigenvalue weighted by atomic mass is 9.80. The number of alkyl halides is 3. The first-order valence-electron chi connectivity index (χ1n) is 4.37. The highest BCUT2D eigenvalue weighted by atomic mass is 19.4. The van der Waals surface area contributed by atoms with Gasteiger partial charge in [0.05, 0.1) is 18.2 Å². The van der Waals surface area contributed by atoms with Crippen molar-refractivity contribution in [3.8, 4) is 0 Å². The third-order valence-electron chi connectivity index (χ3n) is 2.60. The summed E-state index contributed by atoms with van der Waals surface area (Å²) in [6.07, 6.45) is -4.35. The summed E-state index contributed by atoms with van der Waals surface area (Å²) < 4.78 is 36.9. The molecular weight excluding hydrogens is 199 g/mol. The summed E-state index contributed by atoms with van der Waals surface area (Å²) in [5.74, 6) is -2.04. The summed E-state index contributed by atoms with van der Waals surface area (Å²) in [5, 5.41) is 20.2. The predicted octanol–water partition coefficient (Wildman–Crippen LogP) is 1.79. The van der Waals surface area contributed by atoms with E-state index < -0.39 is 24.6 Å². The van der Waals surface area contributed by atoms with Gasteiger partial charge >= 0.3 is 6.18 Å². The number of nitrogens with zero attached hydrogens (tertiary/aromatic N) is 1. The number of hydrogen-bond acceptors (Lipinski definition) is 3. The van der Waals surface area contributed by atoms with E-state index in [1.54, 1.807) is 0 Å². The van der Waals surface area contributed by atoms with E-state index in [0.29, 0.717) is 0 Å². The fraction of sp³-hybridized carbons (Fsp3) is 0.875. The van der Waals surface area contributed by atoms with Crippen LogP contribution in [0.3, 0.4) is 0 Å². The highest BCUT2D eigenvalue weighted by Crippen LogP contribution is 2.38. The van der Waals surface area contributed by atoms with Gasteiger partial charge in [-0.25, -0.2) is 0 Å². The zero-order valence-electron chi connectivity index (χ0n) is 7.46. The van der Waals surface area contributed by atoms with Gasteiger partial charge in [-0.2, -0.15) is 13.2 Å². The molecule has 0 bridgehead atoms. The molecule has 0 spiro atoms. The number of aliphatic hydroxyl groups is 1. The molecule has 2 atom stereocenters. The van der Waals surface area contributed by atoms with Crippen LogP contribution in [0.15, 0.2) is 5.16 Å². The van der Waals surface area contributed by atoms with Crippen LogP contribution in [-0.4, -0.2) is 28.8 Å². The minimum absolute atomic E-state index is 0.0562. The lowest BCUT2D eigenvalue weighted by Crippen LogP contribution is -2.35. The van der Waals surface area contributed by atoms with Crippen molar-refractivity contribution in [1.29, 1.82) is 0 Å². The Labute approximate surface area is 79.2 Å². The fourth-order valence-electron chi connectivity index (χ4n) is 1.73. The summed E-state index contributed by atoms with van der Waals surface area (Å²) in [5.41, 5.74) is 0.271. The molecule has 1 aliphatic rings.